The molecule has 0 amide bonds. The molecule has 0 radical (unpaired) electrons. The molecule has 0 aliphatic carbocycles. The van der Waals surface area contributed by atoms with Crippen LogP contribution in [0.25, 0.3) is 0 Å². The maximum atomic E-state index is 13.1. The number of carbonyl (C=O) groups excluding carboxylic acids is 1. The van der Waals surface area contributed by atoms with Crippen LogP contribution in [0.4, 0.5) is 0 Å². The Kier molecular flexibility index (Phi) is 8.22. The van der Waals surface area contributed by atoms with Crippen LogP contribution < -0.4 is 38.4 Å². The van der Waals surface area contributed by atoms with Gasteiger partial charge < -0.3 is 14.2 Å². The van der Waals surface area contributed by atoms with Gasteiger partial charge in [0.15, 0.2) is 5.52 Å². The van der Waals surface area contributed by atoms with Crippen molar-refractivity contribution in [2.45, 2.75) is 27.7 Å². The van der Waals surface area contributed by atoms with Crippen molar-refractivity contribution >= 4 is 19.4 Å². The summed E-state index contributed by atoms with van der Waals surface area (Å²) < 4.78 is 16.2. The first-order chi connectivity index (χ1) is 11.8. The van der Waals surface area contributed by atoms with Crippen LogP contribution in [0.3, 0.4) is 0 Å². The van der Waals surface area contributed by atoms with Crippen LogP contribution in [0.1, 0.15) is 32.6 Å². The van der Waals surface area contributed by atoms with E-state index in [-0.39, 0.29) is 33.0 Å². The van der Waals surface area contributed by atoms with Crippen molar-refractivity contribution in [2.75, 3.05) is 21.3 Å². The Morgan fingerprint density at radius 1 is 0.808 bits per heavy atom. The van der Waals surface area contributed by atoms with E-state index in [9.17, 15) is 4.79 Å². The summed E-state index contributed by atoms with van der Waals surface area (Å²) in [5.41, 5.74) is 5.29. The fourth-order valence-corrected chi connectivity index (χ4v) is 4.27. The second-order valence-corrected chi connectivity index (χ2v) is 7.20. The molecule has 0 saturated carbocycles. The van der Waals surface area contributed by atoms with Gasteiger partial charge in [-0.05, 0) is 58.5 Å². The number of hydrogen-bond acceptors (Lipinski definition) is 4. The minimum Gasteiger partial charge on any atom is -0.496 e. The van der Waals surface area contributed by atoms with Crippen LogP contribution in [0.2, 0.25) is 0 Å². The number of ether oxygens (including phenoxy) is 3. The average Bonchev–Trinajstić information content (AvgIpc) is 2.59. The van der Waals surface area contributed by atoms with Gasteiger partial charge in [0.2, 0.25) is 0 Å². The van der Waals surface area contributed by atoms with Crippen LogP contribution in [0.5, 0.6) is 17.2 Å². The van der Waals surface area contributed by atoms with Gasteiger partial charge in [0.05, 0.1) is 26.6 Å². The third-order valence-corrected chi connectivity index (χ3v) is 5.76. The first-order valence-corrected chi connectivity index (χ1v) is 9.02. The normalized spacial score (nSPS) is 10.6. The second-order valence-electron chi connectivity index (χ2n) is 6.00. The van der Waals surface area contributed by atoms with Gasteiger partial charge >= 0.3 is 18.9 Å². The monoisotopic (exact) mass is 367 g/mol. The molecule has 1 atom stereocenters. The quantitative estimate of drug-likeness (QED) is 0.567. The number of aryl methyl sites for hydroxylation is 2. The second kappa shape index (κ2) is 9.47. The molecule has 4 nitrogen and oxygen atoms in total. The molecule has 134 valence electrons. The topological polar surface area (TPSA) is 44.8 Å². The average molecular weight is 367 g/mol. The van der Waals surface area contributed by atoms with Crippen LogP contribution in [-0.2, 0) is 0 Å². The molecule has 0 aromatic heterocycles. The summed E-state index contributed by atoms with van der Waals surface area (Å²) in [4.78, 5) is 13.1. The number of rotatable bonds is 6. The van der Waals surface area contributed by atoms with Crippen molar-refractivity contribution in [3.63, 3.8) is 0 Å². The SMILES string of the molecule is COc1cc(OC)c(PC(=O)c2c(C)cc(C)c(C)c2C)c(OC)c1.[Li+]. The summed E-state index contributed by atoms with van der Waals surface area (Å²) in [6, 6.07) is 5.62. The van der Waals surface area contributed by atoms with E-state index in [1.54, 1.807) is 33.5 Å². The van der Waals surface area contributed by atoms with Crippen molar-refractivity contribution < 1.29 is 37.9 Å². The Morgan fingerprint density at radius 2 is 1.35 bits per heavy atom. The summed E-state index contributed by atoms with van der Waals surface area (Å²) >= 11 is 0. The van der Waals surface area contributed by atoms with Crippen LogP contribution in [0.15, 0.2) is 18.2 Å². The fraction of sp³-hybridized carbons (Fsp3) is 0.350. The van der Waals surface area contributed by atoms with Gasteiger partial charge in [-0.25, -0.2) is 0 Å². The van der Waals surface area contributed by atoms with E-state index in [0.717, 1.165) is 27.6 Å². The Labute approximate surface area is 169 Å². The Bertz CT molecular complexity index is 793. The largest absolute Gasteiger partial charge is 1.00 e. The summed E-state index contributed by atoms with van der Waals surface area (Å²) in [6.45, 7) is 8.12. The third kappa shape index (κ3) is 4.44. The maximum absolute atomic E-state index is 13.1. The van der Waals surface area contributed by atoms with E-state index in [2.05, 4.69) is 19.9 Å². The van der Waals surface area contributed by atoms with Gasteiger partial charge in [-0.3, -0.25) is 4.79 Å². The van der Waals surface area contributed by atoms with Crippen LogP contribution in [0, 0.1) is 27.7 Å². The minimum atomic E-state index is -0.0938. The van der Waals surface area contributed by atoms with Gasteiger partial charge in [0.1, 0.15) is 17.2 Å². The molecule has 0 heterocycles. The van der Waals surface area contributed by atoms with Gasteiger partial charge in [-0.1, -0.05) is 6.07 Å². The van der Waals surface area contributed by atoms with Gasteiger partial charge in [-0.2, -0.15) is 0 Å². The summed E-state index contributed by atoms with van der Waals surface area (Å²) in [7, 11) is 4.66. The van der Waals surface area contributed by atoms with Gasteiger partial charge in [0.25, 0.3) is 0 Å². The number of methoxy groups -OCH3 is 3. The zero-order valence-electron chi connectivity index (χ0n) is 16.9. The van der Waals surface area contributed by atoms with Crippen LogP contribution >= 0.6 is 8.58 Å². The van der Waals surface area contributed by atoms with E-state index in [0.29, 0.717) is 17.2 Å². The summed E-state index contributed by atoms with van der Waals surface area (Å²) in [5, 5.41) is 0.757. The Hall–Kier alpha value is -1.46. The number of carbonyl (C=O) groups is 1. The molecule has 0 saturated heterocycles. The fourth-order valence-electron chi connectivity index (χ4n) is 2.94. The van der Waals surface area contributed by atoms with Crippen molar-refractivity contribution in [1.82, 2.24) is 0 Å². The third-order valence-electron chi connectivity index (χ3n) is 4.54. The molecule has 2 aromatic carbocycles. The number of hydrogen-bond donors (Lipinski definition) is 0. The Balaban J connectivity index is 0.00000338. The number of benzene rings is 2. The molecule has 0 aliphatic heterocycles. The van der Waals surface area contributed by atoms with Crippen LogP contribution in [-0.4, -0.2) is 26.9 Å². The molecule has 26 heavy (non-hydrogen) atoms. The van der Waals surface area contributed by atoms with E-state index < -0.39 is 0 Å². The van der Waals surface area contributed by atoms with Crippen molar-refractivity contribution in [2.24, 2.45) is 0 Å². The molecule has 0 fully saturated rings. The van der Waals surface area contributed by atoms with Gasteiger partial charge in [-0.15, -0.1) is 0 Å². The standard InChI is InChI=1S/C20H25O4P.Li/c1-11-8-12(2)18(14(4)13(11)3)20(21)25-19-16(23-6)9-15(22-5)10-17(19)24-7;/h8-10,25H,1-7H3;/q;+1. The zero-order chi connectivity index (χ0) is 18.7. The van der Waals surface area contributed by atoms with E-state index in [1.165, 1.54) is 5.56 Å². The van der Waals surface area contributed by atoms with Crippen molar-refractivity contribution in [1.29, 1.82) is 0 Å². The summed E-state index contributed by atoms with van der Waals surface area (Å²) in [5.74, 6) is 1.83. The Morgan fingerprint density at radius 3 is 1.81 bits per heavy atom. The van der Waals surface area contributed by atoms with Gasteiger partial charge in [0, 0.05) is 17.7 Å². The molecule has 6 heteroatoms. The predicted octanol–water partition coefficient (Wildman–Crippen LogP) is 1.09. The first kappa shape index (κ1) is 22.6. The maximum Gasteiger partial charge on any atom is 1.00 e. The molecular weight excluding hydrogens is 342 g/mol. The van der Waals surface area contributed by atoms with E-state index >= 15 is 0 Å². The van der Waals surface area contributed by atoms with E-state index in [1.807, 2.05) is 13.8 Å². The molecule has 0 N–H and O–H groups in total. The zero-order valence-corrected chi connectivity index (χ0v) is 17.9. The molecule has 2 aromatic rings. The molecule has 1 unspecified atom stereocenters. The molecule has 0 aliphatic rings. The predicted molar refractivity (Wildman–Crippen MR) is 104 cm³/mol. The summed E-state index contributed by atoms with van der Waals surface area (Å²) in [6.07, 6.45) is 0. The van der Waals surface area contributed by atoms with Crippen molar-refractivity contribution in [3.05, 3.63) is 46.0 Å². The molecule has 2 rings (SSSR count). The first-order valence-electron chi connectivity index (χ1n) is 8.02. The molecule has 0 bridgehead atoms. The van der Waals surface area contributed by atoms with E-state index in [4.69, 9.17) is 14.2 Å². The smallest absolute Gasteiger partial charge is 0.496 e. The molecule has 0 spiro atoms. The molecular formula is C20H25LiO4P+. The minimum absolute atomic E-state index is 0. The van der Waals surface area contributed by atoms with Crippen molar-refractivity contribution in [3.8, 4) is 17.2 Å².